The molecule has 0 aliphatic heterocycles. The lowest BCUT2D eigenvalue weighted by molar-refractivity contribution is -0.147. The summed E-state index contributed by atoms with van der Waals surface area (Å²) in [5.74, 6) is -0.117. The zero-order chi connectivity index (χ0) is 16.4. The fraction of sp³-hybridized carbons (Fsp3) is 0.500. The van der Waals surface area contributed by atoms with Crippen molar-refractivity contribution in [2.24, 2.45) is 0 Å². The van der Waals surface area contributed by atoms with Crippen molar-refractivity contribution >= 4 is 11.9 Å². The van der Waals surface area contributed by atoms with Crippen molar-refractivity contribution in [2.45, 2.75) is 32.2 Å². The number of methoxy groups -OCH3 is 1. The lowest BCUT2D eigenvalue weighted by Gasteiger charge is -2.18. The van der Waals surface area contributed by atoms with Crippen LogP contribution in [0.25, 0.3) is 0 Å². The van der Waals surface area contributed by atoms with Gasteiger partial charge in [0.15, 0.2) is 0 Å². The van der Waals surface area contributed by atoms with E-state index in [1.165, 1.54) is 0 Å². The van der Waals surface area contributed by atoms with E-state index in [0.29, 0.717) is 12.2 Å². The second kappa shape index (κ2) is 9.78. The number of hydrogen-bond donors (Lipinski definition) is 2. The minimum atomic E-state index is -0.776. The van der Waals surface area contributed by atoms with E-state index < -0.39 is 12.0 Å². The topological polar surface area (TPSA) is 84.9 Å². The fourth-order valence-corrected chi connectivity index (χ4v) is 2.03. The first-order valence-electron chi connectivity index (χ1n) is 7.31. The van der Waals surface area contributed by atoms with Crippen LogP contribution in [0.5, 0.6) is 5.75 Å². The monoisotopic (exact) mass is 309 g/mol. The first-order chi connectivity index (χ1) is 10.6. The Kier molecular flexibility index (Phi) is 7.99. The van der Waals surface area contributed by atoms with Crippen molar-refractivity contribution < 1.29 is 24.2 Å². The zero-order valence-corrected chi connectivity index (χ0v) is 13.0. The molecule has 1 aromatic rings. The Labute approximate surface area is 130 Å². The van der Waals surface area contributed by atoms with E-state index in [9.17, 15) is 9.59 Å². The molecule has 1 amide bonds. The normalized spacial score (nSPS) is 11.6. The second-order valence-electron chi connectivity index (χ2n) is 4.72. The highest BCUT2D eigenvalue weighted by Gasteiger charge is 2.23. The molecule has 6 heteroatoms. The number of hydrogen-bond acceptors (Lipinski definition) is 5. The molecule has 0 aromatic heterocycles. The summed E-state index contributed by atoms with van der Waals surface area (Å²) in [5.41, 5.74) is 0.811. The van der Waals surface area contributed by atoms with Crippen LogP contribution in [0.1, 0.15) is 25.3 Å². The number of rotatable bonds is 9. The number of ether oxygens (including phenoxy) is 2. The minimum absolute atomic E-state index is 0.0655. The molecule has 0 saturated carbocycles. The Hall–Kier alpha value is -2.08. The van der Waals surface area contributed by atoms with Crippen LogP contribution in [-0.2, 0) is 20.7 Å². The lowest BCUT2D eigenvalue weighted by atomic mass is 10.0. The van der Waals surface area contributed by atoms with Crippen LogP contribution >= 0.6 is 0 Å². The molecule has 2 N–H and O–H groups in total. The SMILES string of the molecule is CCOC(=O)C(Cc1ccccc1OC)NC(=O)CCCO. The van der Waals surface area contributed by atoms with Gasteiger partial charge in [-0.15, -0.1) is 0 Å². The highest BCUT2D eigenvalue weighted by Crippen LogP contribution is 2.19. The van der Waals surface area contributed by atoms with Crippen LogP contribution in [0.3, 0.4) is 0 Å². The number of nitrogens with one attached hydrogen (secondary N) is 1. The maximum atomic E-state index is 12.0. The number of carbonyl (C=O) groups excluding carboxylic acids is 2. The molecular weight excluding hydrogens is 286 g/mol. The molecule has 122 valence electrons. The van der Waals surface area contributed by atoms with Gasteiger partial charge in [0.05, 0.1) is 13.7 Å². The second-order valence-corrected chi connectivity index (χ2v) is 4.72. The highest BCUT2D eigenvalue weighted by molar-refractivity contribution is 5.84. The molecule has 1 unspecified atom stereocenters. The van der Waals surface area contributed by atoms with E-state index in [2.05, 4.69) is 5.32 Å². The number of esters is 1. The average Bonchev–Trinajstić information content (AvgIpc) is 2.53. The van der Waals surface area contributed by atoms with E-state index in [-0.39, 0.29) is 32.0 Å². The van der Waals surface area contributed by atoms with Crippen LogP contribution in [0.4, 0.5) is 0 Å². The molecule has 6 nitrogen and oxygen atoms in total. The molecule has 0 fully saturated rings. The van der Waals surface area contributed by atoms with Crippen molar-refractivity contribution in [1.82, 2.24) is 5.32 Å². The molecule has 0 spiro atoms. The first-order valence-corrected chi connectivity index (χ1v) is 7.31. The van der Waals surface area contributed by atoms with Gasteiger partial charge in [0.25, 0.3) is 0 Å². The van der Waals surface area contributed by atoms with Gasteiger partial charge >= 0.3 is 5.97 Å². The summed E-state index contributed by atoms with van der Waals surface area (Å²) in [6.07, 6.45) is 0.808. The Morgan fingerprint density at radius 3 is 2.68 bits per heavy atom. The number of aliphatic hydroxyl groups excluding tert-OH is 1. The first kappa shape index (κ1) is 18.0. The van der Waals surface area contributed by atoms with Crippen LogP contribution in [0.15, 0.2) is 24.3 Å². The van der Waals surface area contributed by atoms with Crippen LogP contribution in [0, 0.1) is 0 Å². The Morgan fingerprint density at radius 2 is 2.05 bits per heavy atom. The molecule has 0 saturated heterocycles. The number of amides is 1. The summed E-state index contributed by atoms with van der Waals surface area (Å²) in [4.78, 5) is 23.8. The molecule has 1 atom stereocenters. The van der Waals surface area contributed by atoms with E-state index in [4.69, 9.17) is 14.6 Å². The van der Waals surface area contributed by atoms with Gasteiger partial charge in [-0.05, 0) is 25.0 Å². The van der Waals surface area contributed by atoms with Gasteiger partial charge in [0.1, 0.15) is 11.8 Å². The third kappa shape index (κ3) is 5.73. The standard InChI is InChI=1S/C16H23NO5/c1-3-22-16(20)13(17-15(19)9-6-10-18)11-12-7-4-5-8-14(12)21-2/h4-5,7-8,13,18H,3,6,9-11H2,1-2H3,(H,17,19). The van der Waals surface area contributed by atoms with Crippen molar-refractivity contribution in [3.05, 3.63) is 29.8 Å². The largest absolute Gasteiger partial charge is 0.496 e. The van der Waals surface area contributed by atoms with Crippen LogP contribution in [-0.4, -0.2) is 43.3 Å². The third-order valence-corrected chi connectivity index (χ3v) is 3.08. The van der Waals surface area contributed by atoms with Gasteiger partial charge in [0.2, 0.25) is 5.91 Å². The predicted molar refractivity (Wildman–Crippen MR) is 81.6 cm³/mol. The molecule has 1 aromatic carbocycles. The summed E-state index contributed by atoms with van der Waals surface area (Å²) in [7, 11) is 1.55. The smallest absolute Gasteiger partial charge is 0.328 e. The van der Waals surface area contributed by atoms with Gasteiger partial charge in [-0.2, -0.15) is 0 Å². The Bertz CT molecular complexity index is 489. The summed E-state index contributed by atoms with van der Waals surface area (Å²) in [6, 6.07) is 6.54. The van der Waals surface area contributed by atoms with Crippen molar-refractivity contribution in [3.8, 4) is 5.75 Å². The van der Waals surface area contributed by atoms with E-state index in [1.54, 1.807) is 20.1 Å². The number of aliphatic hydroxyl groups is 1. The molecule has 0 radical (unpaired) electrons. The minimum Gasteiger partial charge on any atom is -0.496 e. The summed E-state index contributed by atoms with van der Waals surface area (Å²) in [6.45, 7) is 1.89. The average molecular weight is 309 g/mol. The van der Waals surface area contributed by atoms with E-state index in [1.807, 2.05) is 18.2 Å². The van der Waals surface area contributed by atoms with Crippen molar-refractivity contribution in [2.75, 3.05) is 20.3 Å². The highest BCUT2D eigenvalue weighted by atomic mass is 16.5. The van der Waals surface area contributed by atoms with Gasteiger partial charge in [-0.3, -0.25) is 4.79 Å². The molecule has 22 heavy (non-hydrogen) atoms. The van der Waals surface area contributed by atoms with Crippen LogP contribution in [0.2, 0.25) is 0 Å². The molecule has 0 aliphatic carbocycles. The maximum Gasteiger partial charge on any atom is 0.328 e. The predicted octanol–water partition coefficient (Wildman–Crippen LogP) is 1.06. The number of para-hydroxylation sites is 1. The summed E-state index contributed by atoms with van der Waals surface area (Å²) in [5, 5.41) is 11.4. The summed E-state index contributed by atoms with van der Waals surface area (Å²) >= 11 is 0. The summed E-state index contributed by atoms with van der Waals surface area (Å²) < 4.78 is 10.3. The van der Waals surface area contributed by atoms with E-state index >= 15 is 0 Å². The molecule has 0 aliphatic rings. The Balaban J connectivity index is 2.81. The quantitative estimate of drug-likeness (QED) is 0.666. The van der Waals surface area contributed by atoms with Gasteiger partial charge in [-0.25, -0.2) is 4.79 Å². The number of benzene rings is 1. The van der Waals surface area contributed by atoms with Gasteiger partial charge < -0.3 is 19.9 Å². The molecule has 0 heterocycles. The molecule has 0 bridgehead atoms. The van der Waals surface area contributed by atoms with Crippen molar-refractivity contribution in [3.63, 3.8) is 0 Å². The number of carbonyl (C=O) groups is 2. The van der Waals surface area contributed by atoms with E-state index in [0.717, 1.165) is 5.56 Å². The Morgan fingerprint density at radius 1 is 1.32 bits per heavy atom. The van der Waals surface area contributed by atoms with Crippen LogP contribution < -0.4 is 10.1 Å². The lowest BCUT2D eigenvalue weighted by Crippen LogP contribution is -2.43. The third-order valence-electron chi connectivity index (χ3n) is 3.08. The van der Waals surface area contributed by atoms with Gasteiger partial charge in [-0.1, -0.05) is 18.2 Å². The van der Waals surface area contributed by atoms with Gasteiger partial charge in [0, 0.05) is 19.4 Å². The fourth-order valence-electron chi connectivity index (χ4n) is 2.03. The van der Waals surface area contributed by atoms with Crippen molar-refractivity contribution in [1.29, 1.82) is 0 Å². The maximum absolute atomic E-state index is 12.0. The molecule has 1 rings (SSSR count). The molecular formula is C16H23NO5. The zero-order valence-electron chi connectivity index (χ0n) is 13.0.